The molecule has 0 bridgehead atoms. The monoisotopic (exact) mass is 503 g/mol. The number of para-hydroxylation sites is 1. The van der Waals surface area contributed by atoms with E-state index in [0.717, 1.165) is 10.9 Å². The number of carbonyl (C=O) groups is 1. The number of fused-ring (bicyclic) bond motifs is 2. The second-order valence-electron chi connectivity index (χ2n) is 9.04. The third kappa shape index (κ3) is 4.60. The summed E-state index contributed by atoms with van der Waals surface area (Å²) in [5.41, 5.74) is 7.67. The van der Waals surface area contributed by atoms with Crippen molar-refractivity contribution in [1.29, 1.82) is 0 Å². The lowest BCUT2D eigenvalue weighted by atomic mass is 10.1. The Morgan fingerprint density at radius 2 is 2.03 bits per heavy atom. The van der Waals surface area contributed by atoms with Gasteiger partial charge in [0.05, 0.1) is 28.5 Å². The van der Waals surface area contributed by atoms with Gasteiger partial charge < -0.3 is 15.8 Å². The van der Waals surface area contributed by atoms with Gasteiger partial charge >= 0.3 is 0 Å². The summed E-state index contributed by atoms with van der Waals surface area (Å²) in [5.74, 6) is 4.34. The first-order valence-corrected chi connectivity index (χ1v) is 12.8. The van der Waals surface area contributed by atoms with Gasteiger partial charge in [-0.2, -0.15) is 9.50 Å². The van der Waals surface area contributed by atoms with Crippen molar-refractivity contribution in [1.82, 2.24) is 20.1 Å². The van der Waals surface area contributed by atoms with Crippen LogP contribution < -0.4 is 20.5 Å². The number of amidine groups is 1. The number of nitrogens with two attached hydrogens (primary N) is 1. The van der Waals surface area contributed by atoms with E-state index in [2.05, 4.69) is 30.4 Å². The van der Waals surface area contributed by atoms with Gasteiger partial charge in [0.1, 0.15) is 18.2 Å². The van der Waals surface area contributed by atoms with Crippen molar-refractivity contribution in [3.63, 3.8) is 0 Å². The third-order valence-corrected chi connectivity index (χ3v) is 6.57. The van der Waals surface area contributed by atoms with Gasteiger partial charge in [-0.25, -0.2) is 13.9 Å². The van der Waals surface area contributed by atoms with Crippen LogP contribution in [-0.2, 0) is 9.89 Å². The molecule has 0 radical (unpaired) electrons. The predicted octanol–water partition coefficient (Wildman–Crippen LogP) is 2.69. The zero-order chi connectivity index (χ0) is 25.5. The van der Waals surface area contributed by atoms with E-state index in [4.69, 9.17) is 10.5 Å². The molecule has 3 heterocycles. The van der Waals surface area contributed by atoms with Gasteiger partial charge in [0.2, 0.25) is 0 Å². The average Bonchev–Trinajstić information content (AvgIpc) is 3.26. The zero-order valence-electron chi connectivity index (χ0n) is 19.8. The topological polar surface area (TPSA) is 137 Å². The fraction of sp³-hybridized carbons (Fsp3) is 0.160. The highest BCUT2D eigenvalue weighted by Crippen LogP contribution is 2.31. The molecule has 0 aliphatic carbocycles. The molecule has 2 aromatic heterocycles. The third-order valence-electron chi connectivity index (χ3n) is 5.54. The molecule has 0 saturated heterocycles. The highest BCUT2D eigenvalue weighted by molar-refractivity contribution is 8.00. The second kappa shape index (κ2) is 8.68. The van der Waals surface area contributed by atoms with Gasteiger partial charge in [-0.15, -0.1) is 0 Å². The number of nitrogens with zero attached hydrogens (tertiary/aromatic N) is 4. The number of hydrogen-bond acceptors (Lipinski definition) is 6. The normalized spacial score (nSPS) is 17.1. The van der Waals surface area contributed by atoms with E-state index < -0.39 is 15.4 Å². The highest BCUT2D eigenvalue weighted by Gasteiger charge is 2.26. The minimum Gasteiger partial charge on any atom is -0.490 e. The van der Waals surface area contributed by atoms with Gasteiger partial charge in [0.25, 0.3) is 5.91 Å². The number of carbonyl (C=O) groups excluding carboxylic acids is 1. The summed E-state index contributed by atoms with van der Waals surface area (Å²) in [6.45, 7) is 3.84. The van der Waals surface area contributed by atoms with Crippen LogP contribution >= 0.6 is 0 Å². The minimum atomic E-state index is -2.90. The molecule has 184 valence electrons. The van der Waals surface area contributed by atoms with Crippen molar-refractivity contribution in [3.8, 4) is 11.6 Å². The lowest BCUT2D eigenvalue weighted by molar-refractivity contribution is 0.0880. The van der Waals surface area contributed by atoms with E-state index in [0.29, 0.717) is 28.4 Å². The Bertz CT molecular complexity index is 1620. The van der Waals surface area contributed by atoms with Crippen LogP contribution in [0.3, 0.4) is 0 Å². The van der Waals surface area contributed by atoms with Crippen molar-refractivity contribution < 1.29 is 13.7 Å². The maximum atomic E-state index is 13.1. The van der Waals surface area contributed by atoms with Crippen molar-refractivity contribution in [2.24, 2.45) is 10.1 Å². The van der Waals surface area contributed by atoms with Gasteiger partial charge in [0.15, 0.2) is 15.7 Å². The van der Waals surface area contributed by atoms with E-state index in [-0.39, 0.29) is 18.3 Å². The highest BCUT2D eigenvalue weighted by atomic mass is 32.2. The Morgan fingerprint density at radius 3 is 2.86 bits per heavy atom. The molecule has 1 unspecified atom stereocenters. The number of hydrogen-bond donors (Lipinski definition) is 3. The van der Waals surface area contributed by atoms with Gasteiger partial charge in [-0.05, 0) is 50.0 Å². The molecule has 1 aliphatic rings. The maximum Gasteiger partial charge on any atom is 0.252 e. The van der Waals surface area contributed by atoms with Crippen LogP contribution in [0, 0.1) is 0 Å². The molecule has 10 nitrogen and oxygen atoms in total. The Balaban J connectivity index is 1.32. The number of nitrogens with one attached hydrogen (secondary N) is 2. The zero-order valence-corrected chi connectivity index (χ0v) is 20.6. The number of benzene rings is 2. The molecule has 2 aromatic carbocycles. The van der Waals surface area contributed by atoms with Crippen LogP contribution in [0.4, 0.5) is 5.69 Å². The first kappa shape index (κ1) is 23.4. The van der Waals surface area contributed by atoms with E-state index in [1.807, 2.05) is 38.1 Å². The number of anilines is 1. The molecule has 0 spiro atoms. The minimum absolute atomic E-state index is 0.0802. The fourth-order valence-electron chi connectivity index (χ4n) is 3.90. The summed E-state index contributed by atoms with van der Waals surface area (Å²) in [5, 5.41) is 8.39. The number of amides is 1. The number of ether oxygens (including phenoxy) is 1. The van der Waals surface area contributed by atoms with Crippen LogP contribution in [0.25, 0.3) is 16.7 Å². The number of aromatic nitrogens is 3. The molecule has 11 heteroatoms. The fourth-order valence-corrected chi connectivity index (χ4v) is 4.87. The smallest absolute Gasteiger partial charge is 0.252 e. The van der Waals surface area contributed by atoms with Crippen LogP contribution in [0.1, 0.15) is 29.8 Å². The van der Waals surface area contributed by atoms with E-state index >= 15 is 0 Å². The lowest BCUT2D eigenvalue weighted by Gasteiger charge is -2.28. The molecule has 4 aromatic rings. The van der Waals surface area contributed by atoms with Crippen molar-refractivity contribution in [3.05, 3.63) is 78.1 Å². The van der Waals surface area contributed by atoms with Crippen LogP contribution in [0.5, 0.6) is 5.75 Å². The van der Waals surface area contributed by atoms with E-state index in [9.17, 15) is 9.00 Å². The summed E-state index contributed by atoms with van der Waals surface area (Å²) in [4.78, 5) is 17.5. The Kier molecular flexibility index (Phi) is 5.64. The first-order valence-electron chi connectivity index (χ1n) is 11.1. The Labute approximate surface area is 208 Å². The Morgan fingerprint density at radius 1 is 1.22 bits per heavy atom. The van der Waals surface area contributed by atoms with E-state index in [1.54, 1.807) is 47.4 Å². The first-order chi connectivity index (χ1) is 17.1. The summed E-state index contributed by atoms with van der Waals surface area (Å²) in [6.07, 6.45) is 3.34. The molecule has 0 fully saturated rings. The summed E-state index contributed by atoms with van der Waals surface area (Å²) in [6, 6.07) is 16.3. The SMILES string of the molecule is C=S1(=O)N=C(N)c2c(cccc2OCC(C)(C)NC(=O)c2ccnc(-n3ncc4ccccc43)c2)N1. The summed E-state index contributed by atoms with van der Waals surface area (Å²) in [7, 11) is -2.90. The molecule has 1 amide bonds. The molecule has 5 rings (SSSR count). The largest absolute Gasteiger partial charge is 0.490 e. The maximum absolute atomic E-state index is 13.1. The molecule has 1 atom stereocenters. The van der Waals surface area contributed by atoms with Crippen molar-refractivity contribution in [2.45, 2.75) is 19.4 Å². The lowest BCUT2D eigenvalue weighted by Crippen LogP contribution is -2.48. The molecule has 1 aliphatic heterocycles. The number of rotatable bonds is 6. The van der Waals surface area contributed by atoms with Crippen molar-refractivity contribution in [2.75, 3.05) is 11.3 Å². The Hall–Kier alpha value is -4.38. The average molecular weight is 504 g/mol. The molecule has 4 N–H and O–H groups in total. The molecule has 36 heavy (non-hydrogen) atoms. The molecular formula is C25H25N7O3S. The number of pyridine rings is 1. The van der Waals surface area contributed by atoms with Gasteiger partial charge in [0, 0.05) is 17.1 Å². The van der Waals surface area contributed by atoms with Crippen molar-refractivity contribution >= 4 is 44.1 Å². The van der Waals surface area contributed by atoms with Gasteiger partial charge in [-0.1, -0.05) is 24.3 Å². The molecule has 0 saturated carbocycles. The van der Waals surface area contributed by atoms with Crippen LogP contribution in [-0.4, -0.2) is 48.7 Å². The van der Waals surface area contributed by atoms with Gasteiger partial charge in [-0.3, -0.25) is 9.52 Å². The summed E-state index contributed by atoms with van der Waals surface area (Å²) < 4.78 is 26.7. The molecular weight excluding hydrogens is 478 g/mol. The van der Waals surface area contributed by atoms with Crippen LogP contribution in [0.2, 0.25) is 0 Å². The van der Waals surface area contributed by atoms with E-state index in [1.165, 1.54) is 0 Å². The summed E-state index contributed by atoms with van der Waals surface area (Å²) >= 11 is 0. The standard InChI is InChI=1S/C25H25N7O3S/c1-25(2,15-35-20-10-6-8-18-22(20)23(26)31-36(3,34)30-18)29-24(33)16-11-12-27-21(13-16)32-19-9-5-4-7-17(19)14-28-32/h4-14H,3,15H2,1-2H3,(H,29,33)(H3,26,30,31,34). The predicted molar refractivity (Wildman–Crippen MR) is 142 cm³/mol. The quantitative estimate of drug-likeness (QED) is 0.346. The van der Waals surface area contributed by atoms with Crippen LogP contribution in [0.15, 0.2) is 71.4 Å². The second-order valence-corrected chi connectivity index (χ2v) is 10.7.